The molecule has 1 N–H and O–H groups in total. The molecule has 2 heterocycles. The molecule has 0 radical (unpaired) electrons. The molecule has 0 spiro atoms. The third-order valence-corrected chi connectivity index (χ3v) is 5.45. The molecule has 0 aliphatic carbocycles. The third kappa shape index (κ3) is 5.23. The van der Waals surface area contributed by atoms with Crippen LogP contribution in [0.2, 0.25) is 5.02 Å². The van der Waals surface area contributed by atoms with Gasteiger partial charge in [0.15, 0.2) is 18.1 Å². The average Bonchev–Trinajstić information content (AvgIpc) is 3.30. The van der Waals surface area contributed by atoms with Gasteiger partial charge in [-0.05, 0) is 42.5 Å². The van der Waals surface area contributed by atoms with Gasteiger partial charge >= 0.3 is 0 Å². The van der Waals surface area contributed by atoms with Crippen LogP contribution in [0.4, 0.5) is 0 Å². The second-order valence-corrected chi connectivity index (χ2v) is 7.69. The molecule has 4 rings (SSSR count). The van der Waals surface area contributed by atoms with E-state index >= 15 is 0 Å². The van der Waals surface area contributed by atoms with Crippen LogP contribution in [0, 0.1) is 0 Å². The summed E-state index contributed by atoms with van der Waals surface area (Å²) < 4.78 is 16.0. The molecule has 0 unspecified atom stereocenters. The van der Waals surface area contributed by atoms with Crippen molar-refractivity contribution in [2.75, 3.05) is 46.1 Å². The highest BCUT2D eigenvalue weighted by Gasteiger charge is 2.25. The number of carbonyl (C=O) groups is 3. The van der Waals surface area contributed by atoms with Gasteiger partial charge in [-0.2, -0.15) is 0 Å². The molecular weight excluding hydrogens is 438 g/mol. The van der Waals surface area contributed by atoms with Crippen LogP contribution in [-0.2, 0) is 9.59 Å². The fourth-order valence-electron chi connectivity index (χ4n) is 3.38. The summed E-state index contributed by atoms with van der Waals surface area (Å²) >= 11 is 5.83. The highest BCUT2D eigenvalue weighted by atomic mass is 35.5. The number of carbonyl (C=O) groups excluding carboxylic acids is 3. The van der Waals surface area contributed by atoms with Gasteiger partial charge in [0.25, 0.3) is 11.8 Å². The predicted molar refractivity (Wildman–Crippen MR) is 115 cm³/mol. The Labute approximate surface area is 189 Å². The van der Waals surface area contributed by atoms with E-state index in [9.17, 15) is 14.4 Å². The Morgan fingerprint density at radius 2 is 1.56 bits per heavy atom. The fraction of sp³-hybridized carbons (Fsp3) is 0.318. The molecule has 0 saturated carbocycles. The Balaban J connectivity index is 1.19. The lowest BCUT2D eigenvalue weighted by molar-refractivity contribution is -0.140. The van der Waals surface area contributed by atoms with Crippen molar-refractivity contribution in [3.8, 4) is 17.2 Å². The molecule has 1 fully saturated rings. The Bertz CT molecular complexity index is 1010. The Morgan fingerprint density at radius 3 is 2.28 bits per heavy atom. The van der Waals surface area contributed by atoms with Crippen molar-refractivity contribution < 1.29 is 28.6 Å². The molecule has 3 amide bonds. The fourth-order valence-corrected chi connectivity index (χ4v) is 3.51. The van der Waals surface area contributed by atoms with Gasteiger partial charge in [0.2, 0.25) is 12.7 Å². The maximum absolute atomic E-state index is 12.5. The van der Waals surface area contributed by atoms with E-state index in [0.29, 0.717) is 54.0 Å². The summed E-state index contributed by atoms with van der Waals surface area (Å²) in [5.74, 6) is 0.930. The number of rotatable bonds is 6. The van der Waals surface area contributed by atoms with Gasteiger partial charge in [-0.15, -0.1) is 0 Å². The van der Waals surface area contributed by atoms with E-state index in [1.54, 1.807) is 52.3 Å². The number of halogens is 1. The number of nitrogens with one attached hydrogen (secondary N) is 1. The molecule has 9 nitrogen and oxygen atoms in total. The van der Waals surface area contributed by atoms with E-state index in [4.69, 9.17) is 25.8 Å². The highest BCUT2D eigenvalue weighted by molar-refractivity contribution is 6.30. The first-order valence-corrected chi connectivity index (χ1v) is 10.5. The van der Waals surface area contributed by atoms with E-state index < -0.39 is 0 Å². The summed E-state index contributed by atoms with van der Waals surface area (Å²) in [7, 11) is 0. The van der Waals surface area contributed by atoms with Crippen LogP contribution in [0.5, 0.6) is 17.2 Å². The molecule has 2 aromatic carbocycles. The van der Waals surface area contributed by atoms with Crippen LogP contribution in [0.1, 0.15) is 10.4 Å². The predicted octanol–water partition coefficient (Wildman–Crippen LogP) is 1.55. The zero-order valence-corrected chi connectivity index (χ0v) is 18.0. The summed E-state index contributed by atoms with van der Waals surface area (Å²) in [6.45, 7) is 1.52. The number of benzene rings is 2. The number of ether oxygens (including phenoxy) is 3. The van der Waals surface area contributed by atoms with E-state index in [-0.39, 0.29) is 37.7 Å². The molecule has 2 aliphatic rings. The molecule has 32 heavy (non-hydrogen) atoms. The van der Waals surface area contributed by atoms with Crippen molar-refractivity contribution in [2.45, 2.75) is 0 Å². The number of nitrogens with zero attached hydrogens (tertiary/aromatic N) is 2. The number of amides is 3. The van der Waals surface area contributed by atoms with Crippen molar-refractivity contribution in [1.82, 2.24) is 15.1 Å². The lowest BCUT2D eigenvalue weighted by Gasteiger charge is -2.34. The maximum Gasteiger partial charge on any atom is 0.260 e. The first-order chi connectivity index (χ1) is 15.5. The van der Waals surface area contributed by atoms with Crippen LogP contribution in [0.15, 0.2) is 42.5 Å². The van der Waals surface area contributed by atoms with Crippen LogP contribution < -0.4 is 19.5 Å². The third-order valence-electron chi connectivity index (χ3n) is 5.20. The van der Waals surface area contributed by atoms with Crippen LogP contribution in [0.3, 0.4) is 0 Å². The normalized spacial score (nSPS) is 14.8. The SMILES string of the molecule is O=C(NCC(=O)N1CCN(C(=O)COc2ccc(Cl)cc2)CC1)c1ccc2c(c1)OCO2. The van der Waals surface area contributed by atoms with Crippen molar-refractivity contribution in [1.29, 1.82) is 0 Å². The zero-order valence-electron chi connectivity index (χ0n) is 17.2. The van der Waals surface area contributed by atoms with Gasteiger partial charge in [-0.25, -0.2) is 0 Å². The van der Waals surface area contributed by atoms with Gasteiger partial charge in [0.05, 0.1) is 6.54 Å². The minimum atomic E-state index is -0.371. The van der Waals surface area contributed by atoms with Crippen LogP contribution in [-0.4, -0.2) is 73.6 Å². The minimum Gasteiger partial charge on any atom is -0.484 e. The van der Waals surface area contributed by atoms with E-state index in [1.165, 1.54) is 0 Å². The molecule has 10 heteroatoms. The van der Waals surface area contributed by atoms with E-state index in [0.717, 1.165) is 0 Å². The molecule has 0 atom stereocenters. The molecule has 168 valence electrons. The zero-order chi connectivity index (χ0) is 22.5. The summed E-state index contributed by atoms with van der Waals surface area (Å²) in [6.07, 6.45) is 0. The van der Waals surface area contributed by atoms with Crippen LogP contribution in [0.25, 0.3) is 0 Å². The smallest absolute Gasteiger partial charge is 0.260 e. The number of piperazine rings is 1. The summed E-state index contributed by atoms with van der Waals surface area (Å²) in [5, 5.41) is 3.22. The van der Waals surface area contributed by atoms with Gasteiger partial charge < -0.3 is 29.3 Å². The first kappa shape index (κ1) is 21.8. The Morgan fingerprint density at radius 1 is 0.906 bits per heavy atom. The quantitative estimate of drug-likeness (QED) is 0.704. The first-order valence-electron chi connectivity index (χ1n) is 10.1. The monoisotopic (exact) mass is 459 g/mol. The topological polar surface area (TPSA) is 97.4 Å². The summed E-state index contributed by atoms with van der Waals surface area (Å²) in [5.41, 5.74) is 0.387. The van der Waals surface area contributed by atoms with Gasteiger partial charge in [0, 0.05) is 36.8 Å². The molecule has 0 aromatic heterocycles. The maximum atomic E-state index is 12.5. The van der Waals surface area contributed by atoms with Crippen molar-refractivity contribution in [3.63, 3.8) is 0 Å². The molecule has 0 bridgehead atoms. The number of hydrogen-bond donors (Lipinski definition) is 1. The molecule has 2 aliphatic heterocycles. The highest BCUT2D eigenvalue weighted by Crippen LogP contribution is 2.32. The van der Waals surface area contributed by atoms with E-state index in [2.05, 4.69) is 5.32 Å². The average molecular weight is 460 g/mol. The molecule has 1 saturated heterocycles. The second-order valence-electron chi connectivity index (χ2n) is 7.25. The van der Waals surface area contributed by atoms with Crippen molar-refractivity contribution in [3.05, 3.63) is 53.1 Å². The number of hydrogen-bond acceptors (Lipinski definition) is 6. The molecule has 2 aromatic rings. The van der Waals surface area contributed by atoms with Gasteiger partial charge in [-0.3, -0.25) is 14.4 Å². The molecular formula is C22H22ClN3O6. The van der Waals surface area contributed by atoms with Crippen molar-refractivity contribution in [2.24, 2.45) is 0 Å². The standard InChI is InChI=1S/C22H22ClN3O6/c23-16-2-4-17(5-3-16)30-13-21(28)26-9-7-25(8-10-26)20(27)12-24-22(29)15-1-6-18-19(11-15)32-14-31-18/h1-6,11H,7-10,12-14H2,(H,24,29). The van der Waals surface area contributed by atoms with Crippen molar-refractivity contribution >= 4 is 29.3 Å². The Kier molecular flexibility index (Phi) is 6.65. The van der Waals surface area contributed by atoms with E-state index in [1.807, 2.05) is 0 Å². The van der Waals surface area contributed by atoms with Crippen LogP contribution >= 0.6 is 11.6 Å². The van der Waals surface area contributed by atoms with Gasteiger partial charge in [-0.1, -0.05) is 11.6 Å². The largest absolute Gasteiger partial charge is 0.484 e. The summed E-state index contributed by atoms with van der Waals surface area (Å²) in [4.78, 5) is 40.4. The minimum absolute atomic E-state index is 0.0822. The lowest BCUT2D eigenvalue weighted by atomic mass is 10.2. The lowest BCUT2D eigenvalue weighted by Crippen LogP contribution is -2.53. The summed E-state index contributed by atoms with van der Waals surface area (Å²) in [6, 6.07) is 11.6. The second kappa shape index (κ2) is 9.78. The number of fused-ring (bicyclic) bond motifs is 1. The Hall–Kier alpha value is -3.46. The van der Waals surface area contributed by atoms with Gasteiger partial charge in [0.1, 0.15) is 5.75 Å².